The molecule has 0 amide bonds. The lowest BCUT2D eigenvalue weighted by Gasteiger charge is -2.18. The molecule has 1 rings (SSSR count). The fourth-order valence-corrected chi connectivity index (χ4v) is 3.10. The average molecular weight is 346 g/mol. The summed E-state index contributed by atoms with van der Waals surface area (Å²) in [4.78, 5) is 0.964. The third kappa shape index (κ3) is 5.69. The van der Waals surface area contributed by atoms with Crippen LogP contribution in [0.15, 0.2) is 15.9 Å². The van der Waals surface area contributed by atoms with Crippen LogP contribution in [0.5, 0.6) is 0 Å². The molecule has 1 aromatic rings. The van der Waals surface area contributed by atoms with E-state index in [9.17, 15) is 13.2 Å². The highest BCUT2D eigenvalue weighted by atomic mass is 79.9. The Hall–Kier alpha value is -0.110. The zero-order valence-electron chi connectivity index (χ0n) is 9.89. The summed E-state index contributed by atoms with van der Waals surface area (Å²) < 4.78 is 41.7. The second-order valence-corrected chi connectivity index (χ2v) is 5.57. The van der Waals surface area contributed by atoms with Crippen LogP contribution < -0.4 is 5.32 Å². The van der Waals surface area contributed by atoms with Gasteiger partial charge in [-0.2, -0.15) is 13.2 Å². The number of hydrogen-bond donors (Lipinski definition) is 1. The lowest BCUT2D eigenvalue weighted by Crippen LogP contribution is -2.28. The summed E-state index contributed by atoms with van der Waals surface area (Å²) in [5, 5.41) is 5.08. The summed E-state index contributed by atoms with van der Waals surface area (Å²) in [6.45, 7) is 1.55. The molecule has 18 heavy (non-hydrogen) atoms. The monoisotopic (exact) mass is 345 g/mol. The summed E-state index contributed by atoms with van der Waals surface area (Å²) >= 11 is 4.88. The largest absolute Gasteiger partial charge is 0.411 e. The van der Waals surface area contributed by atoms with E-state index in [-0.39, 0.29) is 12.6 Å². The van der Waals surface area contributed by atoms with Gasteiger partial charge in [0.1, 0.15) is 6.61 Å². The van der Waals surface area contributed by atoms with Gasteiger partial charge in [-0.3, -0.25) is 0 Å². The molecule has 1 aromatic heterocycles. The number of hydrogen-bond acceptors (Lipinski definition) is 3. The summed E-state index contributed by atoms with van der Waals surface area (Å²) in [6.07, 6.45) is -3.36. The van der Waals surface area contributed by atoms with Crippen molar-refractivity contribution in [3.05, 3.63) is 20.8 Å². The Morgan fingerprint density at radius 3 is 2.72 bits per heavy atom. The molecule has 0 saturated heterocycles. The van der Waals surface area contributed by atoms with E-state index in [1.54, 1.807) is 0 Å². The van der Waals surface area contributed by atoms with Crippen molar-refractivity contribution in [2.24, 2.45) is 0 Å². The van der Waals surface area contributed by atoms with Gasteiger partial charge in [-0.25, -0.2) is 0 Å². The molecule has 1 unspecified atom stereocenters. The molecule has 1 N–H and O–H groups in total. The van der Waals surface area contributed by atoms with E-state index in [4.69, 9.17) is 4.74 Å². The Kier molecular flexibility index (Phi) is 6.62. The van der Waals surface area contributed by atoms with Crippen LogP contribution in [0.1, 0.15) is 24.3 Å². The summed E-state index contributed by atoms with van der Waals surface area (Å²) in [7, 11) is 0. The van der Waals surface area contributed by atoms with Crippen LogP contribution >= 0.6 is 27.3 Å². The van der Waals surface area contributed by atoms with E-state index in [2.05, 4.69) is 21.2 Å². The highest BCUT2D eigenvalue weighted by Crippen LogP contribution is 2.29. The lowest BCUT2D eigenvalue weighted by atomic mass is 10.2. The van der Waals surface area contributed by atoms with E-state index in [1.165, 1.54) is 11.3 Å². The first-order valence-corrected chi connectivity index (χ1v) is 7.22. The number of ether oxygens (including phenoxy) is 1. The van der Waals surface area contributed by atoms with Gasteiger partial charge in [0.05, 0.1) is 12.6 Å². The molecule has 7 heteroatoms. The zero-order valence-corrected chi connectivity index (χ0v) is 12.3. The standard InChI is InChI=1S/C11H15BrF3NOS/c1-2-4-16-9(6-17-7-11(13,14)15)10-8(12)3-5-18-10/h3,5,9,16H,2,4,6-7H2,1H3. The Bertz CT molecular complexity index is 356. The molecule has 0 saturated carbocycles. The van der Waals surface area contributed by atoms with Gasteiger partial charge in [0.25, 0.3) is 0 Å². The van der Waals surface area contributed by atoms with E-state index in [0.717, 1.165) is 22.3 Å². The number of alkyl halides is 3. The number of thiophene rings is 1. The van der Waals surface area contributed by atoms with Gasteiger partial charge in [0.15, 0.2) is 0 Å². The summed E-state index contributed by atoms with van der Waals surface area (Å²) in [6, 6.07) is 1.67. The molecule has 0 spiro atoms. The molecule has 0 fully saturated rings. The smallest absolute Gasteiger partial charge is 0.370 e. The van der Waals surface area contributed by atoms with Crippen LogP contribution in [-0.4, -0.2) is 25.9 Å². The number of halogens is 4. The van der Waals surface area contributed by atoms with Gasteiger partial charge in [-0.1, -0.05) is 6.92 Å². The second kappa shape index (κ2) is 7.47. The van der Waals surface area contributed by atoms with Crippen molar-refractivity contribution < 1.29 is 17.9 Å². The third-order valence-corrected chi connectivity index (χ3v) is 4.14. The maximum atomic E-state index is 12.0. The fraction of sp³-hybridized carbons (Fsp3) is 0.636. The van der Waals surface area contributed by atoms with E-state index in [1.807, 2.05) is 18.4 Å². The number of nitrogens with one attached hydrogen (secondary N) is 1. The van der Waals surface area contributed by atoms with Crippen LogP contribution in [0.3, 0.4) is 0 Å². The van der Waals surface area contributed by atoms with E-state index in [0.29, 0.717) is 0 Å². The zero-order chi connectivity index (χ0) is 13.6. The van der Waals surface area contributed by atoms with Crippen LogP contribution in [0.25, 0.3) is 0 Å². The average Bonchev–Trinajstić information content (AvgIpc) is 2.68. The van der Waals surface area contributed by atoms with Gasteiger partial charge < -0.3 is 10.1 Å². The molecular formula is C11H15BrF3NOS. The van der Waals surface area contributed by atoms with Gasteiger partial charge in [0, 0.05) is 9.35 Å². The minimum absolute atomic E-state index is 0.0125. The minimum atomic E-state index is -4.28. The molecule has 0 aliphatic heterocycles. The molecule has 0 radical (unpaired) electrons. The van der Waals surface area contributed by atoms with Crippen molar-refractivity contribution in [2.75, 3.05) is 19.8 Å². The predicted molar refractivity (Wildman–Crippen MR) is 69.9 cm³/mol. The SMILES string of the molecule is CCCNC(COCC(F)(F)F)c1sccc1Br. The maximum absolute atomic E-state index is 12.0. The first kappa shape index (κ1) is 15.9. The number of rotatable bonds is 7. The lowest BCUT2D eigenvalue weighted by molar-refractivity contribution is -0.175. The Balaban J connectivity index is 2.54. The van der Waals surface area contributed by atoms with Crippen molar-refractivity contribution in [1.29, 1.82) is 0 Å². The molecule has 1 heterocycles. The molecule has 0 bridgehead atoms. The molecule has 1 atom stereocenters. The Morgan fingerprint density at radius 1 is 1.50 bits per heavy atom. The third-order valence-electron chi connectivity index (χ3n) is 2.15. The topological polar surface area (TPSA) is 21.3 Å². The normalized spacial score (nSPS) is 13.8. The quantitative estimate of drug-likeness (QED) is 0.802. The van der Waals surface area contributed by atoms with Gasteiger partial charge in [-0.05, 0) is 40.3 Å². The highest BCUT2D eigenvalue weighted by Gasteiger charge is 2.28. The Labute approximate surface area is 117 Å². The predicted octanol–water partition coefficient (Wildman–Crippen LogP) is 4.13. The van der Waals surface area contributed by atoms with Crippen molar-refractivity contribution in [3.63, 3.8) is 0 Å². The minimum Gasteiger partial charge on any atom is -0.370 e. The summed E-state index contributed by atoms with van der Waals surface area (Å²) in [5.74, 6) is 0. The molecular weight excluding hydrogens is 331 g/mol. The van der Waals surface area contributed by atoms with E-state index < -0.39 is 12.8 Å². The van der Waals surface area contributed by atoms with E-state index >= 15 is 0 Å². The van der Waals surface area contributed by atoms with Crippen LogP contribution in [-0.2, 0) is 4.74 Å². The second-order valence-electron chi connectivity index (χ2n) is 3.77. The Morgan fingerprint density at radius 2 is 2.22 bits per heavy atom. The van der Waals surface area contributed by atoms with Crippen molar-refractivity contribution in [1.82, 2.24) is 5.32 Å². The molecule has 2 nitrogen and oxygen atoms in total. The molecule has 104 valence electrons. The molecule has 0 aliphatic carbocycles. The van der Waals surface area contributed by atoms with Crippen molar-refractivity contribution in [2.45, 2.75) is 25.6 Å². The van der Waals surface area contributed by atoms with Crippen LogP contribution in [0.2, 0.25) is 0 Å². The first-order valence-electron chi connectivity index (χ1n) is 5.54. The van der Waals surface area contributed by atoms with Gasteiger partial charge in [0.2, 0.25) is 0 Å². The van der Waals surface area contributed by atoms with Gasteiger partial charge >= 0.3 is 6.18 Å². The molecule has 0 aromatic carbocycles. The first-order chi connectivity index (χ1) is 8.44. The van der Waals surface area contributed by atoms with Crippen LogP contribution in [0, 0.1) is 0 Å². The van der Waals surface area contributed by atoms with Crippen molar-refractivity contribution >= 4 is 27.3 Å². The van der Waals surface area contributed by atoms with Crippen molar-refractivity contribution in [3.8, 4) is 0 Å². The summed E-state index contributed by atoms with van der Waals surface area (Å²) in [5.41, 5.74) is 0. The fourth-order valence-electron chi connectivity index (χ4n) is 1.39. The maximum Gasteiger partial charge on any atom is 0.411 e. The highest BCUT2D eigenvalue weighted by molar-refractivity contribution is 9.10. The van der Waals surface area contributed by atoms with Crippen LogP contribution in [0.4, 0.5) is 13.2 Å². The molecule has 0 aliphatic rings. The van der Waals surface area contributed by atoms with Gasteiger partial charge in [-0.15, -0.1) is 11.3 Å².